The van der Waals surface area contributed by atoms with E-state index in [4.69, 9.17) is 9.47 Å². The molecular weight excluding hydrogens is 549 g/mol. The molecule has 1 aliphatic carbocycles. The molecule has 5 atom stereocenters. The Labute approximate surface area is 252 Å². The predicted octanol–water partition coefficient (Wildman–Crippen LogP) is 8.46. The summed E-state index contributed by atoms with van der Waals surface area (Å²) >= 11 is 3.62. The molecule has 1 fully saturated rings. The fourth-order valence-corrected chi connectivity index (χ4v) is 8.50. The minimum Gasteiger partial charge on any atom is -0.428 e. The third kappa shape index (κ3) is 7.86. The number of thioether (sulfide) groups is 2. The van der Waals surface area contributed by atoms with Crippen molar-refractivity contribution in [1.29, 1.82) is 0 Å². The molecule has 0 unspecified atom stereocenters. The second kappa shape index (κ2) is 14.1. The summed E-state index contributed by atoms with van der Waals surface area (Å²) in [5.74, 6) is 1.02. The Morgan fingerprint density at radius 1 is 0.902 bits per heavy atom. The van der Waals surface area contributed by atoms with E-state index in [1.165, 1.54) is 16.2 Å². The average molecular weight is 589 g/mol. The molecule has 2 aliphatic rings. The van der Waals surface area contributed by atoms with Crippen LogP contribution < -0.4 is 0 Å². The third-order valence-electron chi connectivity index (χ3n) is 8.10. The molecule has 0 amide bonds. The summed E-state index contributed by atoms with van der Waals surface area (Å²) in [6, 6.07) is 28.6. The normalized spacial score (nSPS) is 23.5. The Bertz CT molecular complexity index is 1270. The Hall–Kier alpha value is -2.51. The SMILES string of the molecule is CC(C)[C@@H]1CC[C@@H](C)C[C@H]1O[C@H]1C=C([C@@H](O)c2ccccc2CC(Sc2ccccc2)Sc2ccccc2)C(=O)O1. The van der Waals surface area contributed by atoms with E-state index >= 15 is 0 Å². The smallest absolute Gasteiger partial charge is 0.339 e. The summed E-state index contributed by atoms with van der Waals surface area (Å²) in [4.78, 5) is 15.4. The van der Waals surface area contributed by atoms with Crippen molar-refractivity contribution in [2.75, 3.05) is 0 Å². The van der Waals surface area contributed by atoms with E-state index in [-0.39, 0.29) is 16.3 Å². The van der Waals surface area contributed by atoms with Crippen LogP contribution in [0.1, 0.15) is 57.3 Å². The quantitative estimate of drug-likeness (QED) is 0.138. The summed E-state index contributed by atoms with van der Waals surface area (Å²) < 4.78 is 12.2. The minimum atomic E-state index is -1.08. The molecule has 0 aromatic heterocycles. The molecule has 1 aliphatic heterocycles. The molecule has 41 heavy (non-hydrogen) atoms. The van der Waals surface area contributed by atoms with Gasteiger partial charge in [-0.15, -0.1) is 23.5 Å². The number of carbonyl (C=O) groups is 1. The topological polar surface area (TPSA) is 55.8 Å². The van der Waals surface area contributed by atoms with Crippen LogP contribution in [-0.2, 0) is 20.7 Å². The Morgan fingerprint density at radius 3 is 2.15 bits per heavy atom. The van der Waals surface area contributed by atoms with Crippen LogP contribution in [0.3, 0.4) is 0 Å². The third-order valence-corrected chi connectivity index (χ3v) is 10.6. The lowest BCUT2D eigenvalue weighted by atomic mass is 9.75. The maximum Gasteiger partial charge on any atom is 0.339 e. The summed E-state index contributed by atoms with van der Waals surface area (Å²) in [6.45, 7) is 6.73. The van der Waals surface area contributed by atoms with Gasteiger partial charge >= 0.3 is 5.97 Å². The number of aliphatic hydroxyl groups excluding tert-OH is 1. The molecule has 0 saturated heterocycles. The fourth-order valence-electron chi connectivity index (χ4n) is 5.88. The highest BCUT2D eigenvalue weighted by Crippen LogP contribution is 2.40. The largest absolute Gasteiger partial charge is 0.428 e. The van der Waals surface area contributed by atoms with Crippen LogP contribution in [0, 0.1) is 17.8 Å². The highest BCUT2D eigenvalue weighted by atomic mass is 32.2. The van der Waals surface area contributed by atoms with Crippen molar-refractivity contribution in [2.24, 2.45) is 17.8 Å². The van der Waals surface area contributed by atoms with E-state index in [1.807, 2.05) is 59.9 Å². The molecule has 5 rings (SSSR count). The number of aliphatic hydroxyl groups is 1. The lowest BCUT2D eigenvalue weighted by molar-refractivity contribution is -0.179. The van der Waals surface area contributed by atoms with Gasteiger partial charge in [-0.05, 0) is 78.5 Å². The number of benzene rings is 3. The molecule has 1 heterocycles. The number of esters is 1. The zero-order chi connectivity index (χ0) is 28.8. The number of rotatable bonds is 11. The van der Waals surface area contributed by atoms with Gasteiger partial charge in [0.15, 0.2) is 0 Å². The van der Waals surface area contributed by atoms with E-state index in [2.05, 4.69) is 69.3 Å². The monoisotopic (exact) mass is 588 g/mol. The van der Waals surface area contributed by atoms with Gasteiger partial charge in [0.05, 0.1) is 16.3 Å². The van der Waals surface area contributed by atoms with Gasteiger partial charge in [-0.25, -0.2) is 4.79 Å². The zero-order valence-corrected chi connectivity index (χ0v) is 25.7. The molecule has 1 N–H and O–H groups in total. The van der Waals surface area contributed by atoms with Crippen LogP contribution in [0.2, 0.25) is 0 Å². The molecule has 0 bridgehead atoms. The molecule has 0 radical (unpaired) electrons. The number of hydrogen-bond donors (Lipinski definition) is 1. The summed E-state index contributed by atoms with van der Waals surface area (Å²) in [5, 5.41) is 11.5. The zero-order valence-electron chi connectivity index (χ0n) is 24.0. The van der Waals surface area contributed by atoms with Crippen LogP contribution in [0.5, 0.6) is 0 Å². The first-order valence-electron chi connectivity index (χ1n) is 14.6. The Kier molecular flexibility index (Phi) is 10.3. The minimum absolute atomic E-state index is 0.0439. The van der Waals surface area contributed by atoms with E-state index < -0.39 is 18.4 Å². The van der Waals surface area contributed by atoms with Gasteiger partial charge in [0, 0.05) is 9.79 Å². The van der Waals surface area contributed by atoms with Crippen molar-refractivity contribution in [3.8, 4) is 0 Å². The molecular formula is C35H40O4S2. The lowest BCUT2D eigenvalue weighted by Gasteiger charge is -2.37. The first kappa shape index (κ1) is 30.0. The number of carbonyl (C=O) groups excluding carboxylic acids is 1. The van der Waals surface area contributed by atoms with Crippen molar-refractivity contribution < 1.29 is 19.4 Å². The molecule has 1 saturated carbocycles. The van der Waals surface area contributed by atoms with Gasteiger partial charge in [0.2, 0.25) is 6.29 Å². The van der Waals surface area contributed by atoms with Crippen LogP contribution in [0.15, 0.2) is 106 Å². The van der Waals surface area contributed by atoms with E-state index in [0.29, 0.717) is 24.2 Å². The van der Waals surface area contributed by atoms with Crippen LogP contribution >= 0.6 is 23.5 Å². The summed E-state index contributed by atoms with van der Waals surface area (Å²) in [6.07, 6.45) is 3.90. The Morgan fingerprint density at radius 2 is 1.51 bits per heavy atom. The van der Waals surface area contributed by atoms with Crippen molar-refractivity contribution in [3.63, 3.8) is 0 Å². The average Bonchev–Trinajstić information content (AvgIpc) is 3.33. The lowest BCUT2D eigenvalue weighted by Crippen LogP contribution is -2.36. The van der Waals surface area contributed by atoms with Crippen molar-refractivity contribution >= 4 is 29.5 Å². The van der Waals surface area contributed by atoms with Crippen LogP contribution in [0.4, 0.5) is 0 Å². The second-order valence-corrected chi connectivity index (χ2v) is 14.3. The Balaban J connectivity index is 1.34. The van der Waals surface area contributed by atoms with Gasteiger partial charge in [0.25, 0.3) is 0 Å². The molecule has 0 spiro atoms. The van der Waals surface area contributed by atoms with Crippen molar-refractivity contribution in [2.45, 2.75) is 79.3 Å². The highest BCUT2D eigenvalue weighted by Gasteiger charge is 2.38. The first-order valence-corrected chi connectivity index (χ1v) is 16.4. The molecule has 3 aromatic rings. The van der Waals surface area contributed by atoms with Crippen molar-refractivity contribution in [1.82, 2.24) is 0 Å². The maximum absolute atomic E-state index is 13.0. The molecule has 6 heteroatoms. The summed E-state index contributed by atoms with van der Waals surface area (Å²) in [7, 11) is 0. The molecule has 3 aromatic carbocycles. The maximum atomic E-state index is 13.0. The number of hydrogen-bond acceptors (Lipinski definition) is 6. The fraction of sp³-hybridized carbons (Fsp3) is 0.400. The van der Waals surface area contributed by atoms with Gasteiger partial charge in [-0.2, -0.15) is 0 Å². The summed E-state index contributed by atoms with van der Waals surface area (Å²) in [5.41, 5.74) is 2.00. The molecule has 4 nitrogen and oxygen atoms in total. The molecule has 216 valence electrons. The highest BCUT2D eigenvalue weighted by molar-refractivity contribution is 8.17. The van der Waals surface area contributed by atoms with E-state index in [0.717, 1.165) is 24.0 Å². The van der Waals surface area contributed by atoms with Crippen molar-refractivity contribution in [3.05, 3.63) is 108 Å². The number of ether oxygens (including phenoxy) is 2. The van der Waals surface area contributed by atoms with E-state index in [9.17, 15) is 9.90 Å². The van der Waals surface area contributed by atoms with E-state index in [1.54, 1.807) is 6.08 Å². The van der Waals surface area contributed by atoms with Gasteiger partial charge in [-0.3, -0.25) is 0 Å². The predicted molar refractivity (Wildman–Crippen MR) is 168 cm³/mol. The van der Waals surface area contributed by atoms with Gasteiger partial charge in [0.1, 0.15) is 6.10 Å². The van der Waals surface area contributed by atoms with Crippen LogP contribution in [0.25, 0.3) is 0 Å². The van der Waals surface area contributed by atoms with Crippen LogP contribution in [-0.4, -0.2) is 28.1 Å². The van der Waals surface area contributed by atoms with Gasteiger partial charge in [-0.1, -0.05) is 87.9 Å². The van der Waals surface area contributed by atoms with Gasteiger partial charge < -0.3 is 14.6 Å². The standard InChI is InChI=1S/C35H40O4S2/c1-23(2)28-19-18-24(3)20-31(28)38-32-22-30(35(37)39-32)34(36)29-17-11-10-12-25(29)21-33(40-26-13-6-4-7-14-26)41-27-15-8-5-9-16-27/h4-17,22-24,28,31-34,36H,18-21H2,1-3H3/t24-,28+,31-,32-,34+/m1/s1. The number of cyclic esters (lactones) is 1. The first-order chi connectivity index (χ1) is 19.9. The second-order valence-electron chi connectivity index (χ2n) is 11.5.